The van der Waals surface area contributed by atoms with Gasteiger partial charge in [0.15, 0.2) is 0 Å². The summed E-state index contributed by atoms with van der Waals surface area (Å²) < 4.78 is 10.7. The van der Waals surface area contributed by atoms with Crippen LogP contribution in [0.1, 0.15) is 18.1 Å². The molecule has 0 radical (unpaired) electrons. The summed E-state index contributed by atoms with van der Waals surface area (Å²) in [7, 11) is 0. The van der Waals surface area contributed by atoms with Crippen LogP contribution in [0.5, 0.6) is 0 Å². The minimum Gasteiger partial charge on any atom is -0.377 e. The molecule has 0 aliphatic carbocycles. The summed E-state index contributed by atoms with van der Waals surface area (Å²) in [6.07, 6.45) is 0. The van der Waals surface area contributed by atoms with Crippen molar-refractivity contribution < 1.29 is 9.47 Å². The molecule has 0 bridgehead atoms. The van der Waals surface area contributed by atoms with E-state index in [9.17, 15) is 0 Å². The fourth-order valence-electron chi connectivity index (χ4n) is 5.54. The van der Waals surface area contributed by atoms with Crippen molar-refractivity contribution in [3.8, 4) is 0 Å². The highest BCUT2D eigenvalue weighted by atomic mass is 16.5. The van der Waals surface area contributed by atoms with Crippen molar-refractivity contribution in [3.05, 3.63) is 71.8 Å². The molecule has 0 amide bonds. The van der Waals surface area contributed by atoms with E-state index in [1.807, 2.05) is 0 Å². The number of piperazine rings is 2. The topological polar surface area (TPSA) is 49.0 Å². The summed E-state index contributed by atoms with van der Waals surface area (Å²) in [4.78, 5) is 5.06. The molecule has 4 saturated heterocycles. The Balaban J connectivity index is 0.000000139. The Kier molecular flexibility index (Phi) is 7.11. The van der Waals surface area contributed by atoms with Crippen molar-refractivity contribution in [1.82, 2.24) is 20.4 Å². The van der Waals surface area contributed by atoms with E-state index in [0.717, 1.165) is 72.2 Å². The van der Waals surface area contributed by atoms with Crippen molar-refractivity contribution in [1.29, 1.82) is 0 Å². The Morgan fingerprint density at radius 1 is 0.788 bits per heavy atom. The molecule has 2 aromatic carbocycles. The molecule has 4 aliphatic rings. The van der Waals surface area contributed by atoms with Gasteiger partial charge in [-0.05, 0) is 18.1 Å². The molecule has 1 atom stereocenters. The fraction of sp³-hybridized carbons (Fsp3) is 0.556. The van der Waals surface area contributed by atoms with Gasteiger partial charge in [-0.25, -0.2) is 0 Å². The summed E-state index contributed by atoms with van der Waals surface area (Å²) in [5, 5.41) is 7.26. The maximum Gasteiger partial charge on any atom is 0.0784 e. The van der Waals surface area contributed by atoms with Crippen LogP contribution in [0, 0.1) is 0 Å². The van der Waals surface area contributed by atoms with Crippen LogP contribution < -0.4 is 10.6 Å². The summed E-state index contributed by atoms with van der Waals surface area (Å²) in [5.74, 6) is 0. The van der Waals surface area contributed by atoms with Crippen LogP contribution in [0.15, 0.2) is 60.7 Å². The lowest BCUT2D eigenvalue weighted by Gasteiger charge is -2.51. The number of ether oxygens (including phenoxy) is 2. The molecule has 2 spiro atoms. The van der Waals surface area contributed by atoms with Gasteiger partial charge in [0.05, 0.1) is 37.5 Å². The van der Waals surface area contributed by atoms with Crippen molar-refractivity contribution in [3.63, 3.8) is 0 Å². The molecule has 2 N–H and O–H groups in total. The standard InChI is InChI=1S/C14H20N2O.C13H18N2O/c1-12-7-16(8-13-5-3-2-4-6-13)9-14(15-12)10-17-11-14;1-2-4-12(5-3-1)8-15-7-6-14-13(9-15)10-16-11-13/h2-6,12,15H,7-11H2,1H3;1-5,14H,6-11H2/t12-;/m0./s1. The highest BCUT2D eigenvalue weighted by Crippen LogP contribution is 2.24. The van der Waals surface area contributed by atoms with Crippen molar-refractivity contribution in [2.45, 2.75) is 37.1 Å². The van der Waals surface area contributed by atoms with Crippen LogP contribution in [0.4, 0.5) is 0 Å². The SMILES string of the molecule is C[C@H]1CN(Cc2ccccc2)CC2(COC2)N1.c1ccc(CN2CCNC3(COC3)C2)cc1. The van der Waals surface area contributed by atoms with Gasteiger partial charge in [-0.2, -0.15) is 0 Å². The molecule has 6 nitrogen and oxygen atoms in total. The molecule has 4 aliphatic heterocycles. The zero-order valence-electron chi connectivity index (χ0n) is 19.8. The average molecular weight is 451 g/mol. The maximum absolute atomic E-state index is 5.37. The predicted octanol–water partition coefficient (Wildman–Crippen LogP) is 2.11. The lowest BCUT2D eigenvalue weighted by Crippen LogP contribution is -2.72. The Labute approximate surface area is 198 Å². The van der Waals surface area contributed by atoms with Gasteiger partial charge in [0.2, 0.25) is 0 Å². The van der Waals surface area contributed by atoms with Gasteiger partial charge >= 0.3 is 0 Å². The van der Waals surface area contributed by atoms with E-state index in [-0.39, 0.29) is 11.1 Å². The number of benzene rings is 2. The van der Waals surface area contributed by atoms with Gasteiger partial charge in [-0.3, -0.25) is 9.80 Å². The van der Waals surface area contributed by atoms with Gasteiger partial charge in [-0.1, -0.05) is 60.7 Å². The molecule has 6 heteroatoms. The van der Waals surface area contributed by atoms with E-state index in [4.69, 9.17) is 9.47 Å². The number of nitrogens with one attached hydrogen (secondary N) is 2. The largest absolute Gasteiger partial charge is 0.377 e. The zero-order valence-corrected chi connectivity index (χ0v) is 19.8. The first-order valence-corrected chi connectivity index (χ1v) is 12.3. The van der Waals surface area contributed by atoms with E-state index in [2.05, 4.69) is 88.0 Å². The lowest BCUT2D eigenvalue weighted by atomic mass is 9.92. The van der Waals surface area contributed by atoms with Gasteiger partial charge < -0.3 is 20.1 Å². The highest BCUT2D eigenvalue weighted by molar-refractivity contribution is 5.16. The molecule has 0 saturated carbocycles. The first-order valence-electron chi connectivity index (χ1n) is 12.3. The molecule has 4 heterocycles. The third-order valence-corrected chi connectivity index (χ3v) is 7.08. The third-order valence-electron chi connectivity index (χ3n) is 7.08. The van der Waals surface area contributed by atoms with Gasteiger partial charge in [0, 0.05) is 51.9 Å². The summed E-state index contributed by atoms with van der Waals surface area (Å²) in [6, 6.07) is 22.0. The molecule has 4 fully saturated rings. The van der Waals surface area contributed by atoms with Gasteiger partial charge in [0.25, 0.3) is 0 Å². The first kappa shape index (κ1) is 23.0. The average Bonchev–Trinajstić information content (AvgIpc) is 2.79. The number of rotatable bonds is 4. The minimum atomic E-state index is 0.229. The van der Waals surface area contributed by atoms with Crippen molar-refractivity contribution >= 4 is 0 Å². The summed E-state index contributed by atoms with van der Waals surface area (Å²) in [6.45, 7) is 13.4. The van der Waals surface area contributed by atoms with Crippen LogP contribution in [0.3, 0.4) is 0 Å². The van der Waals surface area contributed by atoms with E-state index < -0.39 is 0 Å². The molecule has 33 heavy (non-hydrogen) atoms. The molecule has 0 aromatic heterocycles. The number of hydrogen-bond acceptors (Lipinski definition) is 6. The van der Waals surface area contributed by atoms with E-state index in [1.54, 1.807) is 0 Å². The van der Waals surface area contributed by atoms with Crippen molar-refractivity contribution in [2.24, 2.45) is 0 Å². The smallest absolute Gasteiger partial charge is 0.0784 e. The molecule has 2 aromatic rings. The second-order valence-electron chi connectivity index (χ2n) is 10.4. The normalized spacial score (nSPS) is 26.2. The Hall–Kier alpha value is -1.80. The molecule has 0 unspecified atom stereocenters. The van der Waals surface area contributed by atoms with E-state index >= 15 is 0 Å². The van der Waals surface area contributed by atoms with E-state index in [1.165, 1.54) is 11.1 Å². The Bertz CT molecular complexity index is 870. The third kappa shape index (κ3) is 5.83. The highest BCUT2D eigenvalue weighted by Gasteiger charge is 2.44. The maximum atomic E-state index is 5.37. The summed E-state index contributed by atoms with van der Waals surface area (Å²) >= 11 is 0. The van der Waals surface area contributed by atoms with Crippen LogP contribution in [0.2, 0.25) is 0 Å². The quantitative estimate of drug-likeness (QED) is 0.744. The summed E-state index contributed by atoms with van der Waals surface area (Å²) in [5.41, 5.74) is 3.29. The number of hydrogen-bond donors (Lipinski definition) is 2. The molecular weight excluding hydrogens is 412 g/mol. The second-order valence-corrected chi connectivity index (χ2v) is 10.4. The van der Waals surface area contributed by atoms with Crippen LogP contribution in [-0.2, 0) is 22.6 Å². The second kappa shape index (κ2) is 10.2. The monoisotopic (exact) mass is 450 g/mol. The molecular formula is C27H38N4O2. The zero-order chi connectivity index (χ0) is 22.6. The first-order chi connectivity index (χ1) is 16.1. The molecule has 6 rings (SSSR count). The Morgan fingerprint density at radius 3 is 1.88 bits per heavy atom. The molecule has 178 valence electrons. The van der Waals surface area contributed by atoms with Crippen molar-refractivity contribution in [2.75, 3.05) is 59.2 Å². The van der Waals surface area contributed by atoms with Gasteiger partial charge in [-0.15, -0.1) is 0 Å². The fourth-order valence-corrected chi connectivity index (χ4v) is 5.54. The lowest BCUT2D eigenvalue weighted by molar-refractivity contribution is -0.110. The minimum absolute atomic E-state index is 0.229. The van der Waals surface area contributed by atoms with Gasteiger partial charge in [0.1, 0.15) is 0 Å². The van der Waals surface area contributed by atoms with Crippen LogP contribution in [0.25, 0.3) is 0 Å². The van der Waals surface area contributed by atoms with Crippen LogP contribution in [-0.4, -0.2) is 86.1 Å². The Morgan fingerprint density at radius 2 is 1.33 bits per heavy atom. The van der Waals surface area contributed by atoms with Crippen LogP contribution >= 0.6 is 0 Å². The predicted molar refractivity (Wildman–Crippen MR) is 131 cm³/mol. The van der Waals surface area contributed by atoms with E-state index in [0.29, 0.717) is 6.04 Å². The number of nitrogens with zero attached hydrogens (tertiary/aromatic N) is 2.